The number of aromatic hydroxyl groups is 4. The molecule has 0 amide bonds. The highest BCUT2D eigenvalue weighted by Crippen LogP contribution is 2.33. The third-order valence-corrected chi connectivity index (χ3v) is 2.69. The molecule has 0 aliphatic carbocycles. The number of benzene rings is 1. The van der Waals surface area contributed by atoms with Gasteiger partial charge in [0.25, 0.3) is 11.8 Å². The molecule has 6 nitrogen and oxygen atoms in total. The van der Waals surface area contributed by atoms with Crippen molar-refractivity contribution in [3.63, 3.8) is 0 Å². The van der Waals surface area contributed by atoms with Gasteiger partial charge in [0.15, 0.2) is 11.5 Å². The number of hydrogen-bond donors (Lipinski definition) is 4. The first-order valence-electron chi connectivity index (χ1n) is 5.10. The van der Waals surface area contributed by atoms with Crippen molar-refractivity contribution in [3.8, 4) is 23.3 Å². The fourth-order valence-electron chi connectivity index (χ4n) is 1.83. The second-order valence-corrected chi connectivity index (χ2v) is 3.87. The van der Waals surface area contributed by atoms with Crippen LogP contribution in [0.1, 0.15) is 0 Å². The minimum Gasteiger partial charge on any atom is -0.503 e. The lowest BCUT2D eigenvalue weighted by Crippen LogP contribution is -1.87. The van der Waals surface area contributed by atoms with Gasteiger partial charge in [-0.15, -0.1) is 0 Å². The van der Waals surface area contributed by atoms with E-state index in [0.29, 0.717) is 21.8 Å². The Bertz CT molecular complexity index is 719. The predicted octanol–water partition coefficient (Wildman–Crippen LogP) is 1.61. The number of aromatic nitrogens is 2. The van der Waals surface area contributed by atoms with Crippen LogP contribution in [0.15, 0.2) is 24.3 Å². The zero-order valence-corrected chi connectivity index (χ0v) is 8.99. The summed E-state index contributed by atoms with van der Waals surface area (Å²) in [6.07, 6.45) is 0. The largest absolute Gasteiger partial charge is 0.503 e. The Morgan fingerprint density at radius 3 is 1.44 bits per heavy atom. The Balaban J connectivity index is 2.52. The molecule has 0 atom stereocenters. The summed E-state index contributed by atoms with van der Waals surface area (Å²) in [6.45, 7) is 0. The third kappa shape index (κ3) is 1.36. The first-order chi connectivity index (χ1) is 8.56. The standard InChI is InChI=1S/C12H8N2O4/c15-7-3-5-1-2-6-4-8(16)12(18)14-10(6)9(5)13-11(7)17/h1-4,15-16H,(H,13,17)(H,14,18). The van der Waals surface area contributed by atoms with Crippen molar-refractivity contribution >= 4 is 21.8 Å². The zero-order valence-electron chi connectivity index (χ0n) is 8.99. The van der Waals surface area contributed by atoms with E-state index in [9.17, 15) is 20.4 Å². The summed E-state index contributed by atoms with van der Waals surface area (Å²) in [5.41, 5.74) is 0.663. The molecule has 18 heavy (non-hydrogen) atoms. The highest BCUT2D eigenvalue weighted by Gasteiger charge is 2.11. The molecule has 6 heteroatoms. The van der Waals surface area contributed by atoms with Gasteiger partial charge >= 0.3 is 0 Å². The van der Waals surface area contributed by atoms with Crippen molar-refractivity contribution in [2.45, 2.75) is 0 Å². The van der Waals surface area contributed by atoms with Crippen molar-refractivity contribution in [2.75, 3.05) is 0 Å². The molecule has 3 rings (SSSR count). The van der Waals surface area contributed by atoms with E-state index in [-0.39, 0.29) is 11.5 Å². The van der Waals surface area contributed by atoms with Gasteiger partial charge in [-0.05, 0) is 12.1 Å². The summed E-state index contributed by atoms with van der Waals surface area (Å²) in [5.74, 6) is -1.68. The Morgan fingerprint density at radius 1 is 0.667 bits per heavy atom. The number of fused-ring (bicyclic) bond motifs is 3. The molecule has 0 bridgehead atoms. The zero-order chi connectivity index (χ0) is 12.9. The molecular formula is C12H8N2O4. The Labute approximate surface area is 100 Å². The van der Waals surface area contributed by atoms with E-state index in [1.165, 1.54) is 12.1 Å². The molecule has 0 fully saturated rings. The maximum atomic E-state index is 9.40. The maximum absolute atomic E-state index is 9.40. The summed E-state index contributed by atoms with van der Waals surface area (Å²) < 4.78 is 0. The predicted molar refractivity (Wildman–Crippen MR) is 63.7 cm³/mol. The third-order valence-electron chi connectivity index (χ3n) is 2.69. The average molecular weight is 244 g/mol. The molecule has 0 spiro atoms. The summed E-state index contributed by atoms with van der Waals surface area (Å²) in [7, 11) is 0. The molecule has 0 saturated heterocycles. The van der Waals surface area contributed by atoms with Gasteiger partial charge in [-0.25, -0.2) is 9.97 Å². The van der Waals surface area contributed by atoms with E-state index < -0.39 is 11.8 Å². The molecule has 0 radical (unpaired) electrons. The van der Waals surface area contributed by atoms with E-state index in [0.717, 1.165) is 0 Å². The van der Waals surface area contributed by atoms with Gasteiger partial charge in [0, 0.05) is 10.8 Å². The molecule has 1 aromatic carbocycles. The second-order valence-electron chi connectivity index (χ2n) is 3.87. The van der Waals surface area contributed by atoms with Crippen molar-refractivity contribution in [1.29, 1.82) is 0 Å². The Morgan fingerprint density at radius 2 is 1.06 bits per heavy atom. The van der Waals surface area contributed by atoms with Crippen LogP contribution >= 0.6 is 0 Å². The molecule has 3 aromatic rings. The monoisotopic (exact) mass is 244 g/mol. The van der Waals surface area contributed by atoms with E-state index in [2.05, 4.69) is 9.97 Å². The SMILES string of the molecule is Oc1cc2ccc3cc(O)c(O)nc3c2nc1O. The first-order valence-corrected chi connectivity index (χ1v) is 5.10. The van der Waals surface area contributed by atoms with Gasteiger partial charge in [-0.1, -0.05) is 12.1 Å². The van der Waals surface area contributed by atoms with Gasteiger partial charge in [-0.2, -0.15) is 0 Å². The minimum atomic E-state index is -0.510. The topological polar surface area (TPSA) is 107 Å². The number of rotatable bonds is 0. The van der Waals surface area contributed by atoms with Crippen LogP contribution in [0, 0.1) is 0 Å². The first kappa shape index (κ1) is 10.4. The molecule has 90 valence electrons. The molecule has 0 aliphatic rings. The number of pyridine rings is 2. The molecule has 0 aliphatic heterocycles. The van der Waals surface area contributed by atoms with E-state index in [1.54, 1.807) is 12.1 Å². The quantitative estimate of drug-likeness (QED) is 0.447. The highest BCUT2D eigenvalue weighted by atomic mass is 16.3. The minimum absolute atomic E-state index is 0.329. The number of nitrogens with zero attached hydrogens (tertiary/aromatic N) is 2. The fourth-order valence-corrected chi connectivity index (χ4v) is 1.83. The van der Waals surface area contributed by atoms with Gasteiger partial charge in [0.2, 0.25) is 0 Å². The number of hydrogen-bond acceptors (Lipinski definition) is 6. The van der Waals surface area contributed by atoms with Crippen LogP contribution in [-0.2, 0) is 0 Å². The lowest BCUT2D eigenvalue weighted by Gasteiger charge is -2.05. The molecule has 0 saturated carbocycles. The summed E-state index contributed by atoms with van der Waals surface area (Å²) in [4.78, 5) is 7.65. The van der Waals surface area contributed by atoms with Crippen LogP contribution in [-0.4, -0.2) is 30.4 Å². The van der Waals surface area contributed by atoms with Crippen LogP contribution < -0.4 is 0 Å². The summed E-state index contributed by atoms with van der Waals surface area (Å²) >= 11 is 0. The van der Waals surface area contributed by atoms with Crippen molar-refractivity contribution in [3.05, 3.63) is 24.3 Å². The maximum Gasteiger partial charge on any atom is 0.254 e. The highest BCUT2D eigenvalue weighted by molar-refractivity contribution is 6.04. The van der Waals surface area contributed by atoms with E-state index >= 15 is 0 Å². The molecule has 4 N–H and O–H groups in total. The van der Waals surface area contributed by atoms with Crippen LogP contribution in [0.3, 0.4) is 0 Å². The Kier molecular flexibility index (Phi) is 1.94. The second kappa shape index (κ2) is 3.36. The molecule has 2 heterocycles. The molecule has 0 unspecified atom stereocenters. The van der Waals surface area contributed by atoms with Gasteiger partial charge in [-0.3, -0.25) is 0 Å². The van der Waals surface area contributed by atoms with Crippen molar-refractivity contribution in [2.24, 2.45) is 0 Å². The smallest absolute Gasteiger partial charge is 0.254 e. The molecular weight excluding hydrogens is 236 g/mol. The van der Waals surface area contributed by atoms with Crippen LogP contribution in [0.25, 0.3) is 21.8 Å². The van der Waals surface area contributed by atoms with E-state index in [1.807, 2.05) is 0 Å². The average Bonchev–Trinajstić information content (AvgIpc) is 2.33. The lowest BCUT2D eigenvalue weighted by atomic mass is 10.1. The normalized spacial score (nSPS) is 11.1. The van der Waals surface area contributed by atoms with Gasteiger partial charge < -0.3 is 20.4 Å². The van der Waals surface area contributed by atoms with Gasteiger partial charge in [0.1, 0.15) is 11.0 Å². The lowest BCUT2D eigenvalue weighted by molar-refractivity contribution is 0.390. The summed E-state index contributed by atoms with van der Waals surface area (Å²) in [5, 5.41) is 38.7. The van der Waals surface area contributed by atoms with E-state index in [4.69, 9.17) is 0 Å². The Hall–Kier alpha value is -2.76. The van der Waals surface area contributed by atoms with Crippen LogP contribution in [0.2, 0.25) is 0 Å². The van der Waals surface area contributed by atoms with Crippen LogP contribution in [0.4, 0.5) is 0 Å². The van der Waals surface area contributed by atoms with Gasteiger partial charge in [0.05, 0.1) is 0 Å². The molecule has 2 aromatic heterocycles. The van der Waals surface area contributed by atoms with Crippen molar-refractivity contribution in [1.82, 2.24) is 9.97 Å². The van der Waals surface area contributed by atoms with Crippen molar-refractivity contribution < 1.29 is 20.4 Å². The van der Waals surface area contributed by atoms with Crippen LogP contribution in [0.5, 0.6) is 23.3 Å². The summed E-state index contributed by atoms with van der Waals surface area (Å²) in [6, 6.07) is 6.04. The fraction of sp³-hybridized carbons (Fsp3) is 0.